The number of rotatable bonds is 7. The molecule has 0 aliphatic heterocycles. The Labute approximate surface area is 163 Å². The smallest absolute Gasteiger partial charge is 0.191 e. The van der Waals surface area contributed by atoms with Gasteiger partial charge in [-0.2, -0.15) is 0 Å². The fourth-order valence-corrected chi connectivity index (χ4v) is 3.85. The minimum atomic E-state index is -0.235. The van der Waals surface area contributed by atoms with Gasteiger partial charge in [-0.3, -0.25) is 0 Å². The number of aryl methyl sites for hydroxylation is 1. The highest BCUT2D eigenvalue weighted by atomic mass is 32.2. The number of nitrogens with zero attached hydrogens (tertiary/aromatic N) is 3. The Morgan fingerprint density at radius 3 is 2.63 bits per heavy atom. The van der Waals surface area contributed by atoms with Gasteiger partial charge in [-0.1, -0.05) is 42.1 Å². The van der Waals surface area contributed by atoms with Crippen LogP contribution >= 0.6 is 11.8 Å². The molecule has 0 N–H and O–H groups in total. The third kappa shape index (κ3) is 4.33. The maximum atomic E-state index is 13.8. The average Bonchev–Trinajstić information content (AvgIpc) is 3.08. The molecule has 0 bridgehead atoms. The van der Waals surface area contributed by atoms with E-state index in [4.69, 9.17) is 4.74 Å². The largest absolute Gasteiger partial charge is 0.482 e. The van der Waals surface area contributed by atoms with Crippen molar-refractivity contribution in [2.24, 2.45) is 0 Å². The molecule has 0 radical (unpaired) electrons. The molecular formula is C21H24FN3OS. The molecule has 2 aromatic carbocycles. The van der Waals surface area contributed by atoms with Crippen LogP contribution in [0.2, 0.25) is 0 Å². The number of hydrogen-bond acceptors (Lipinski definition) is 4. The van der Waals surface area contributed by atoms with Crippen molar-refractivity contribution in [3.63, 3.8) is 0 Å². The van der Waals surface area contributed by atoms with Gasteiger partial charge in [0.15, 0.2) is 17.1 Å². The first-order valence-electron chi connectivity index (χ1n) is 9.03. The highest BCUT2D eigenvalue weighted by Gasteiger charge is 2.19. The average molecular weight is 386 g/mol. The number of halogens is 1. The van der Waals surface area contributed by atoms with Crippen LogP contribution in [0.25, 0.3) is 0 Å². The summed E-state index contributed by atoms with van der Waals surface area (Å²) in [6, 6.07) is 12.8. The summed E-state index contributed by atoms with van der Waals surface area (Å²) < 4.78 is 22.0. The molecule has 3 aromatic rings. The van der Waals surface area contributed by atoms with E-state index >= 15 is 0 Å². The van der Waals surface area contributed by atoms with Crippen LogP contribution in [0.5, 0.6) is 5.75 Å². The Balaban J connectivity index is 1.76. The van der Waals surface area contributed by atoms with Gasteiger partial charge in [-0.05, 0) is 56.5 Å². The topological polar surface area (TPSA) is 39.9 Å². The molecule has 0 spiro atoms. The zero-order valence-electron chi connectivity index (χ0n) is 16.1. The molecule has 1 aromatic heterocycles. The molecule has 3 rings (SSSR count). The molecule has 27 heavy (non-hydrogen) atoms. The molecule has 0 amide bonds. The third-order valence-electron chi connectivity index (χ3n) is 4.60. The fourth-order valence-electron chi connectivity index (χ4n) is 2.86. The van der Waals surface area contributed by atoms with E-state index in [0.29, 0.717) is 11.3 Å². The quantitative estimate of drug-likeness (QED) is 0.505. The summed E-state index contributed by atoms with van der Waals surface area (Å²) in [5, 5.41) is 9.42. The Kier molecular flexibility index (Phi) is 6.16. The van der Waals surface area contributed by atoms with Crippen LogP contribution in [0.1, 0.15) is 42.5 Å². The Bertz CT molecular complexity index is 926. The molecule has 0 aliphatic carbocycles. The summed E-state index contributed by atoms with van der Waals surface area (Å²) in [4.78, 5) is 0. The summed E-state index contributed by atoms with van der Waals surface area (Å²) in [6.45, 7) is 8.87. The predicted octanol–water partition coefficient (Wildman–Crippen LogP) is 5.49. The van der Waals surface area contributed by atoms with E-state index in [1.165, 1.54) is 23.4 Å². The monoisotopic (exact) mass is 385 g/mol. The lowest BCUT2D eigenvalue weighted by Gasteiger charge is -2.17. The van der Waals surface area contributed by atoms with Gasteiger partial charge in [0, 0.05) is 12.3 Å². The van der Waals surface area contributed by atoms with Crippen molar-refractivity contribution in [1.82, 2.24) is 14.8 Å². The van der Waals surface area contributed by atoms with Crippen LogP contribution in [-0.4, -0.2) is 14.8 Å². The van der Waals surface area contributed by atoms with Gasteiger partial charge >= 0.3 is 0 Å². The second-order valence-electron chi connectivity index (χ2n) is 6.42. The van der Waals surface area contributed by atoms with Crippen LogP contribution in [0.3, 0.4) is 0 Å². The van der Waals surface area contributed by atoms with Gasteiger partial charge in [0.1, 0.15) is 11.6 Å². The first kappa shape index (κ1) is 19.4. The summed E-state index contributed by atoms with van der Waals surface area (Å²) in [5.74, 6) is 1.94. The molecule has 1 heterocycles. The lowest BCUT2D eigenvalue weighted by Crippen LogP contribution is -2.12. The molecule has 142 valence electrons. The van der Waals surface area contributed by atoms with Gasteiger partial charge in [0.25, 0.3) is 0 Å². The first-order valence-corrected chi connectivity index (χ1v) is 10.0. The van der Waals surface area contributed by atoms with E-state index in [0.717, 1.165) is 28.8 Å². The van der Waals surface area contributed by atoms with Crippen molar-refractivity contribution in [3.8, 4) is 5.75 Å². The summed E-state index contributed by atoms with van der Waals surface area (Å²) in [7, 11) is 0. The van der Waals surface area contributed by atoms with Crippen molar-refractivity contribution in [2.45, 2.75) is 51.3 Å². The number of aromatic nitrogens is 3. The van der Waals surface area contributed by atoms with Gasteiger partial charge in [-0.15, -0.1) is 10.2 Å². The number of benzene rings is 2. The Hall–Kier alpha value is -2.34. The van der Waals surface area contributed by atoms with Crippen LogP contribution in [0.15, 0.2) is 47.6 Å². The molecule has 0 fully saturated rings. The lowest BCUT2D eigenvalue weighted by molar-refractivity contribution is 0.208. The highest BCUT2D eigenvalue weighted by Crippen LogP contribution is 2.29. The zero-order chi connectivity index (χ0) is 19.4. The molecule has 4 nitrogen and oxygen atoms in total. The third-order valence-corrected chi connectivity index (χ3v) is 5.61. The zero-order valence-corrected chi connectivity index (χ0v) is 16.9. The van der Waals surface area contributed by atoms with E-state index < -0.39 is 0 Å². The van der Waals surface area contributed by atoms with E-state index in [9.17, 15) is 4.39 Å². The minimum Gasteiger partial charge on any atom is -0.482 e. The van der Waals surface area contributed by atoms with Crippen molar-refractivity contribution >= 4 is 11.8 Å². The van der Waals surface area contributed by atoms with Gasteiger partial charge in [0.2, 0.25) is 0 Å². The number of ether oxygens (including phenoxy) is 1. The summed E-state index contributed by atoms with van der Waals surface area (Å²) >= 11 is 1.48. The molecule has 0 saturated heterocycles. The minimum absolute atomic E-state index is 0.195. The maximum Gasteiger partial charge on any atom is 0.191 e. The van der Waals surface area contributed by atoms with E-state index in [-0.39, 0.29) is 11.9 Å². The van der Waals surface area contributed by atoms with Crippen LogP contribution in [0, 0.1) is 19.7 Å². The highest BCUT2D eigenvalue weighted by molar-refractivity contribution is 7.98. The fraction of sp³-hybridized carbons (Fsp3) is 0.333. The Morgan fingerprint density at radius 1 is 1.11 bits per heavy atom. The summed E-state index contributed by atoms with van der Waals surface area (Å²) in [5.41, 5.74) is 2.98. The lowest BCUT2D eigenvalue weighted by atomic mass is 10.1. The SMILES string of the molecule is CCn1c(SCc2ccccc2F)nnc1C(C)Oc1cccc(C)c1C. The second kappa shape index (κ2) is 8.57. The van der Waals surface area contributed by atoms with Gasteiger partial charge < -0.3 is 9.30 Å². The molecular weight excluding hydrogens is 361 g/mol. The molecule has 1 unspecified atom stereocenters. The molecule has 1 atom stereocenters. The van der Waals surface area contributed by atoms with Gasteiger partial charge in [-0.25, -0.2) is 4.39 Å². The predicted molar refractivity (Wildman–Crippen MR) is 107 cm³/mol. The Morgan fingerprint density at radius 2 is 1.89 bits per heavy atom. The second-order valence-corrected chi connectivity index (χ2v) is 7.37. The number of thioether (sulfide) groups is 1. The van der Waals surface area contributed by atoms with Crippen molar-refractivity contribution in [2.75, 3.05) is 0 Å². The molecule has 6 heteroatoms. The van der Waals surface area contributed by atoms with Crippen molar-refractivity contribution in [3.05, 3.63) is 70.8 Å². The molecule has 0 saturated carbocycles. The first-order chi connectivity index (χ1) is 13.0. The number of hydrogen-bond donors (Lipinski definition) is 0. The normalized spacial score (nSPS) is 12.2. The summed E-state index contributed by atoms with van der Waals surface area (Å²) in [6.07, 6.45) is -0.235. The van der Waals surface area contributed by atoms with Crippen molar-refractivity contribution in [1.29, 1.82) is 0 Å². The van der Waals surface area contributed by atoms with E-state index in [1.807, 2.05) is 36.6 Å². The van der Waals surface area contributed by atoms with Crippen molar-refractivity contribution < 1.29 is 9.13 Å². The maximum absolute atomic E-state index is 13.8. The van der Waals surface area contributed by atoms with Crippen LogP contribution < -0.4 is 4.74 Å². The van der Waals surface area contributed by atoms with E-state index in [1.54, 1.807) is 12.1 Å². The van der Waals surface area contributed by atoms with E-state index in [2.05, 4.69) is 30.1 Å². The van der Waals surface area contributed by atoms with Crippen LogP contribution in [0.4, 0.5) is 4.39 Å². The standard InChI is InChI=1S/C21H24FN3OS/c1-5-25-20(16(4)26-19-12-8-9-14(2)15(19)3)23-24-21(25)27-13-17-10-6-7-11-18(17)22/h6-12,16H,5,13H2,1-4H3. The molecule has 0 aliphatic rings. The van der Waals surface area contributed by atoms with Gasteiger partial charge in [0.05, 0.1) is 0 Å². The van der Waals surface area contributed by atoms with Crippen LogP contribution in [-0.2, 0) is 12.3 Å².